The Morgan fingerprint density at radius 3 is 2.38 bits per heavy atom. The summed E-state index contributed by atoms with van der Waals surface area (Å²) < 4.78 is 0. The summed E-state index contributed by atoms with van der Waals surface area (Å²) in [6.07, 6.45) is 9.25. The van der Waals surface area contributed by atoms with Gasteiger partial charge in [-0.2, -0.15) is 0 Å². The van der Waals surface area contributed by atoms with Crippen LogP contribution in [0.25, 0.3) is 0 Å². The van der Waals surface area contributed by atoms with Crippen LogP contribution in [0.2, 0.25) is 0 Å². The highest BCUT2D eigenvalue weighted by molar-refractivity contribution is 5.76. The molecule has 1 amide bonds. The zero-order chi connectivity index (χ0) is 15.9. The lowest BCUT2D eigenvalue weighted by atomic mass is 10.0. The number of unbranched alkanes of at least 4 members (excludes halogenated alkanes) is 4. The highest BCUT2D eigenvalue weighted by atomic mass is 16.3. The van der Waals surface area contributed by atoms with E-state index in [4.69, 9.17) is 10.8 Å². The van der Waals surface area contributed by atoms with Gasteiger partial charge in [-0.25, -0.2) is 0 Å². The number of amides is 1. The molecular weight excluding hydrogens is 264 g/mol. The summed E-state index contributed by atoms with van der Waals surface area (Å²) in [5, 5.41) is 8.97. The highest BCUT2D eigenvalue weighted by Crippen LogP contribution is 2.12. The van der Waals surface area contributed by atoms with Crippen LogP contribution in [0.1, 0.15) is 71.6 Å². The molecule has 0 aliphatic heterocycles. The molecule has 1 atom stereocenters. The molecule has 4 nitrogen and oxygen atoms in total. The largest absolute Gasteiger partial charge is 0.396 e. The lowest BCUT2D eigenvalue weighted by Crippen LogP contribution is -2.33. The molecule has 0 aromatic heterocycles. The van der Waals surface area contributed by atoms with E-state index in [-0.39, 0.29) is 12.5 Å². The van der Waals surface area contributed by atoms with E-state index in [1.54, 1.807) is 0 Å². The molecule has 0 fully saturated rings. The predicted molar refractivity (Wildman–Crippen MR) is 89.1 cm³/mol. The first-order valence-corrected chi connectivity index (χ1v) is 8.74. The molecule has 0 radical (unpaired) electrons. The monoisotopic (exact) mass is 300 g/mol. The summed E-state index contributed by atoms with van der Waals surface area (Å²) in [5.41, 5.74) is 5.54. The lowest BCUT2D eigenvalue weighted by molar-refractivity contribution is -0.131. The minimum Gasteiger partial charge on any atom is -0.396 e. The van der Waals surface area contributed by atoms with Gasteiger partial charge < -0.3 is 15.7 Å². The number of hydrogen-bond acceptors (Lipinski definition) is 3. The van der Waals surface area contributed by atoms with E-state index >= 15 is 0 Å². The van der Waals surface area contributed by atoms with Crippen LogP contribution in [-0.2, 0) is 4.79 Å². The summed E-state index contributed by atoms with van der Waals surface area (Å²) in [7, 11) is 0. The van der Waals surface area contributed by atoms with Gasteiger partial charge in [0.15, 0.2) is 0 Å². The van der Waals surface area contributed by atoms with Gasteiger partial charge in [-0.3, -0.25) is 4.79 Å². The molecule has 0 heterocycles. The predicted octanol–water partition coefficient (Wildman–Crippen LogP) is 2.93. The third kappa shape index (κ3) is 11.7. The van der Waals surface area contributed by atoms with E-state index in [0.717, 1.165) is 25.8 Å². The van der Waals surface area contributed by atoms with Crippen molar-refractivity contribution in [3.63, 3.8) is 0 Å². The van der Waals surface area contributed by atoms with Crippen LogP contribution in [0.5, 0.6) is 0 Å². The fourth-order valence-electron chi connectivity index (χ4n) is 2.49. The molecule has 0 aromatic rings. The van der Waals surface area contributed by atoms with Gasteiger partial charge in [-0.1, -0.05) is 39.5 Å². The third-order valence-electron chi connectivity index (χ3n) is 3.98. The van der Waals surface area contributed by atoms with Crippen molar-refractivity contribution in [2.24, 2.45) is 11.7 Å². The molecular formula is C17H36N2O2. The van der Waals surface area contributed by atoms with E-state index < -0.39 is 0 Å². The summed E-state index contributed by atoms with van der Waals surface area (Å²) >= 11 is 0. The van der Waals surface area contributed by atoms with Crippen molar-refractivity contribution in [1.29, 1.82) is 0 Å². The first-order chi connectivity index (χ1) is 10.2. The molecule has 0 rings (SSSR count). The molecule has 126 valence electrons. The van der Waals surface area contributed by atoms with Crippen molar-refractivity contribution in [1.82, 2.24) is 4.90 Å². The number of hydrogen-bond donors (Lipinski definition) is 2. The Morgan fingerprint density at radius 1 is 1.10 bits per heavy atom. The molecule has 0 saturated heterocycles. The molecule has 0 bridgehead atoms. The molecule has 3 N–H and O–H groups in total. The Kier molecular flexibility index (Phi) is 13.9. The summed E-state index contributed by atoms with van der Waals surface area (Å²) in [6, 6.07) is 0. The number of carbonyl (C=O) groups excluding carboxylic acids is 1. The number of nitrogens with two attached hydrogens (primary N) is 1. The smallest absolute Gasteiger partial charge is 0.222 e. The van der Waals surface area contributed by atoms with E-state index in [1.165, 1.54) is 25.7 Å². The van der Waals surface area contributed by atoms with Crippen LogP contribution in [0, 0.1) is 5.92 Å². The van der Waals surface area contributed by atoms with Crippen LogP contribution >= 0.6 is 0 Å². The van der Waals surface area contributed by atoms with Crippen LogP contribution in [0.3, 0.4) is 0 Å². The Labute approximate surface area is 131 Å². The third-order valence-corrected chi connectivity index (χ3v) is 3.98. The Morgan fingerprint density at radius 2 is 1.76 bits per heavy atom. The minimum absolute atomic E-state index is 0.156. The Bertz CT molecular complexity index is 247. The maximum atomic E-state index is 12.3. The second-order valence-corrected chi connectivity index (χ2v) is 6.09. The first kappa shape index (κ1) is 20.4. The maximum absolute atomic E-state index is 12.3. The van der Waals surface area contributed by atoms with Crippen molar-refractivity contribution in [3.8, 4) is 0 Å². The van der Waals surface area contributed by atoms with Crippen molar-refractivity contribution in [2.75, 3.05) is 26.2 Å². The average molecular weight is 300 g/mol. The van der Waals surface area contributed by atoms with Crippen LogP contribution in [0.15, 0.2) is 0 Å². The van der Waals surface area contributed by atoms with Gasteiger partial charge in [0.05, 0.1) is 0 Å². The van der Waals surface area contributed by atoms with E-state index in [0.29, 0.717) is 31.8 Å². The summed E-state index contributed by atoms with van der Waals surface area (Å²) in [4.78, 5) is 14.2. The van der Waals surface area contributed by atoms with Crippen molar-refractivity contribution in [2.45, 2.75) is 71.6 Å². The molecule has 0 aliphatic carbocycles. The summed E-state index contributed by atoms with van der Waals surface area (Å²) in [5.74, 6) is 0.756. The average Bonchev–Trinajstić information content (AvgIpc) is 2.48. The first-order valence-electron chi connectivity index (χ1n) is 8.74. The maximum Gasteiger partial charge on any atom is 0.222 e. The molecule has 0 aliphatic rings. The normalized spacial score (nSPS) is 12.4. The van der Waals surface area contributed by atoms with Gasteiger partial charge in [0.1, 0.15) is 0 Å². The molecule has 4 heteroatoms. The van der Waals surface area contributed by atoms with Gasteiger partial charge in [0, 0.05) is 26.1 Å². The van der Waals surface area contributed by atoms with Gasteiger partial charge in [-0.15, -0.1) is 0 Å². The van der Waals surface area contributed by atoms with Gasteiger partial charge in [-0.05, 0) is 38.1 Å². The lowest BCUT2D eigenvalue weighted by Gasteiger charge is -2.23. The molecule has 0 spiro atoms. The second-order valence-electron chi connectivity index (χ2n) is 6.09. The molecule has 1 unspecified atom stereocenters. The quantitative estimate of drug-likeness (QED) is 0.485. The molecule has 0 saturated carbocycles. The van der Waals surface area contributed by atoms with Gasteiger partial charge in [0.25, 0.3) is 0 Å². The molecule has 21 heavy (non-hydrogen) atoms. The number of aliphatic hydroxyl groups is 1. The van der Waals surface area contributed by atoms with E-state index in [9.17, 15) is 4.79 Å². The zero-order valence-corrected chi connectivity index (χ0v) is 14.1. The number of rotatable bonds is 14. The van der Waals surface area contributed by atoms with Crippen molar-refractivity contribution >= 4 is 5.91 Å². The Balaban J connectivity index is 4.03. The summed E-state index contributed by atoms with van der Waals surface area (Å²) in [6.45, 7) is 6.74. The van der Waals surface area contributed by atoms with E-state index in [1.807, 2.05) is 4.90 Å². The second kappa shape index (κ2) is 14.3. The minimum atomic E-state index is 0.156. The SMILES string of the molecule is CCCCCCCN(CCCO)C(=O)CCC(C)CCN. The van der Waals surface area contributed by atoms with Crippen molar-refractivity contribution < 1.29 is 9.90 Å². The number of nitrogens with zero attached hydrogens (tertiary/aromatic N) is 1. The van der Waals surface area contributed by atoms with Crippen LogP contribution in [0.4, 0.5) is 0 Å². The fourth-order valence-corrected chi connectivity index (χ4v) is 2.49. The van der Waals surface area contributed by atoms with Crippen LogP contribution < -0.4 is 5.73 Å². The number of aliphatic hydroxyl groups excluding tert-OH is 1. The molecule has 0 aromatic carbocycles. The zero-order valence-electron chi connectivity index (χ0n) is 14.1. The topological polar surface area (TPSA) is 66.6 Å². The van der Waals surface area contributed by atoms with Crippen molar-refractivity contribution in [3.05, 3.63) is 0 Å². The fraction of sp³-hybridized carbons (Fsp3) is 0.941. The van der Waals surface area contributed by atoms with Crippen LogP contribution in [-0.4, -0.2) is 42.2 Å². The van der Waals surface area contributed by atoms with E-state index in [2.05, 4.69) is 13.8 Å². The number of carbonyl (C=O) groups is 1. The highest BCUT2D eigenvalue weighted by Gasteiger charge is 2.14. The Hall–Kier alpha value is -0.610. The van der Waals surface area contributed by atoms with Gasteiger partial charge >= 0.3 is 0 Å². The van der Waals surface area contributed by atoms with Gasteiger partial charge in [0.2, 0.25) is 5.91 Å². The standard InChI is InChI=1S/C17H36N2O2/c1-3-4-5-6-7-13-19(14-8-15-20)17(21)10-9-16(2)11-12-18/h16,20H,3-15,18H2,1-2H3.